The van der Waals surface area contributed by atoms with E-state index in [1.165, 1.54) is 20.4 Å². The van der Waals surface area contributed by atoms with Gasteiger partial charge in [-0.15, -0.1) is 0 Å². The van der Waals surface area contributed by atoms with E-state index in [0.29, 0.717) is 0 Å². The summed E-state index contributed by atoms with van der Waals surface area (Å²) < 4.78 is 22.0. The van der Waals surface area contributed by atoms with Gasteiger partial charge in [0.2, 0.25) is 11.5 Å². The molecular weight excluding hydrogens is 383 g/mol. The zero-order valence-corrected chi connectivity index (χ0v) is 15.3. The highest BCUT2D eigenvalue weighted by atomic mass is 32.9. The van der Waals surface area contributed by atoms with E-state index in [-0.39, 0.29) is 6.61 Å². The average molecular weight is 400 g/mol. The maximum absolute atomic E-state index is 12.0. The summed E-state index contributed by atoms with van der Waals surface area (Å²) in [6.45, 7) is -0.145. The summed E-state index contributed by atoms with van der Waals surface area (Å²) in [4.78, 5) is 35.0. The van der Waals surface area contributed by atoms with Crippen LogP contribution in [-0.2, 0) is 30.5 Å². The summed E-state index contributed by atoms with van der Waals surface area (Å²) in [5.41, 5.74) is -4.98. The van der Waals surface area contributed by atoms with Crippen LogP contribution in [0.1, 0.15) is 6.23 Å². The van der Waals surface area contributed by atoms with Gasteiger partial charge in [-0.05, 0) is 11.8 Å². The number of nitrogens with one attached hydrogen (secondary N) is 1. The largest absolute Gasteiger partial charge is 0.382 e. The number of aromatic amines is 1. The molecule has 5 atom stereocenters. The van der Waals surface area contributed by atoms with Crippen LogP contribution >= 0.6 is 17.9 Å². The molecule has 24 heavy (non-hydrogen) atoms. The third-order valence-corrected chi connectivity index (χ3v) is 4.39. The number of methoxy groups -OCH3 is 2. The number of rotatable bonds is 6. The first-order valence-electron chi connectivity index (χ1n) is 6.59. The van der Waals surface area contributed by atoms with E-state index < -0.39 is 41.2 Å². The Morgan fingerprint density at radius 3 is 2.71 bits per heavy atom. The molecule has 3 N–H and O–H groups in total. The first-order valence-corrected chi connectivity index (χ1v) is 10.4. The number of thiol groups is 1. The number of hydrogen-bond donors (Lipinski definition) is 4. The number of aliphatic hydroxyl groups is 1. The van der Waals surface area contributed by atoms with Gasteiger partial charge in [-0.3, -0.25) is 18.9 Å². The first-order chi connectivity index (χ1) is 11.1. The monoisotopic (exact) mass is 400 g/mol. The number of nitrogens with zero attached hydrogens (tertiary/aromatic N) is 1. The average Bonchev–Trinajstić information content (AvgIpc) is 2.69. The van der Waals surface area contributed by atoms with Crippen LogP contribution in [0.3, 0.4) is 0 Å². The van der Waals surface area contributed by atoms with Crippen LogP contribution in [-0.4, -0.2) is 58.4 Å². The minimum atomic E-state index is -3.61. The highest BCUT2D eigenvalue weighted by Gasteiger charge is 2.60. The Balaban J connectivity index is 2.49. The van der Waals surface area contributed by atoms with Crippen molar-refractivity contribution in [2.45, 2.75) is 24.2 Å². The Morgan fingerprint density at radius 2 is 2.21 bits per heavy atom. The fourth-order valence-electron chi connectivity index (χ4n) is 2.46. The van der Waals surface area contributed by atoms with E-state index >= 15 is 0 Å². The number of ether oxygens (including phenoxy) is 3. The molecule has 0 amide bonds. The van der Waals surface area contributed by atoms with Crippen LogP contribution in [0, 0.1) is 0 Å². The van der Waals surface area contributed by atoms with Gasteiger partial charge in [-0.1, -0.05) is 12.2 Å². The van der Waals surface area contributed by atoms with Crippen LogP contribution in [0.25, 0.3) is 0 Å². The molecule has 1 unspecified atom stereocenters. The second kappa shape index (κ2) is 7.36. The molecule has 13 heteroatoms. The number of H-pyrrole nitrogens is 1. The van der Waals surface area contributed by atoms with Gasteiger partial charge in [-0.25, -0.2) is 4.79 Å². The van der Waals surface area contributed by atoms with Crippen molar-refractivity contribution in [3.05, 3.63) is 33.1 Å². The van der Waals surface area contributed by atoms with Gasteiger partial charge in [0.1, 0.15) is 6.10 Å². The lowest BCUT2D eigenvalue weighted by atomic mass is 10.1. The molecule has 1 saturated heterocycles. The van der Waals surface area contributed by atoms with Crippen molar-refractivity contribution in [1.29, 1.82) is 0 Å². The molecule has 136 valence electrons. The molecule has 0 saturated carbocycles. The lowest BCUT2D eigenvalue weighted by Crippen LogP contribution is -2.52. The molecule has 1 aromatic rings. The van der Waals surface area contributed by atoms with E-state index in [9.17, 15) is 19.6 Å². The Labute approximate surface area is 146 Å². The summed E-state index contributed by atoms with van der Waals surface area (Å²) >= 11 is 8.46. The minimum Gasteiger partial charge on any atom is -0.382 e. The minimum absolute atomic E-state index is 0.145. The van der Waals surface area contributed by atoms with Crippen molar-refractivity contribution < 1.29 is 28.7 Å². The van der Waals surface area contributed by atoms with Gasteiger partial charge in [0.05, 0.1) is 6.61 Å². The van der Waals surface area contributed by atoms with Crippen molar-refractivity contribution >= 4 is 29.7 Å². The van der Waals surface area contributed by atoms with Gasteiger partial charge in [0, 0.05) is 26.5 Å². The molecule has 0 radical (unpaired) electrons. The van der Waals surface area contributed by atoms with Crippen molar-refractivity contribution in [2.24, 2.45) is 0 Å². The van der Waals surface area contributed by atoms with E-state index in [1.807, 2.05) is 0 Å². The summed E-state index contributed by atoms with van der Waals surface area (Å²) in [7, 11) is 2.61. The zero-order chi connectivity index (χ0) is 18.1. The number of aromatic nitrogens is 2. The molecule has 0 aliphatic carbocycles. The molecule has 10 nitrogen and oxygen atoms in total. The molecule has 2 rings (SSSR count). The molecule has 1 aliphatic heterocycles. The van der Waals surface area contributed by atoms with Crippen molar-refractivity contribution in [3.8, 4) is 0 Å². The fourth-order valence-corrected chi connectivity index (χ4v) is 3.81. The highest BCUT2D eigenvalue weighted by Crippen LogP contribution is 2.55. The molecule has 0 spiro atoms. The van der Waals surface area contributed by atoms with Crippen molar-refractivity contribution in [3.63, 3.8) is 0 Å². The molecule has 1 aromatic heterocycles. The Bertz CT molecular complexity index is 748. The molecule has 0 aromatic carbocycles. The van der Waals surface area contributed by atoms with Crippen LogP contribution < -0.4 is 11.2 Å². The van der Waals surface area contributed by atoms with Gasteiger partial charge in [0.25, 0.3) is 5.56 Å². The molecule has 1 fully saturated rings. The Kier molecular flexibility index (Phi) is 6.06. The highest BCUT2D eigenvalue weighted by molar-refractivity contribution is 8.59. The molecular formula is C11H17N2O8PS2. The quantitative estimate of drug-likeness (QED) is 0.268. The topological polar surface area (TPSA) is 132 Å². The van der Waals surface area contributed by atoms with Crippen molar-refractivity contribution in [2.75, 3.05) is 20.8 Å². The van der Waals surface area contributed by atoms with Crippen LogP contribution in [0.15, 0.2) is 21.9 Å². The van der Waals surface area contributed by atoms with Gasteiger partial charge in [-0.2, -0.15) is 0 Å². The lowest BCUT2D eigenvalue weighted by Gasteiger charge is -2.33. The molecule has 0 bridgehead atoms. The third-order valence-electron chi connectivity index (χ3n) is 3.39. The van der Waals surface area contributed by atoms with Crippen molar-refractivity contribution in [1.82, 2.24) is 9.55 Å². The van der Waals surface area contributed by atoms with Crippen LogP contribution in [0.5, 0.6) is 0 Å². The summed E-state index contributed by atoms with van der Waals surface area (Å²) in [5.74, 6) is -2.23. The molecule has 1 aliphatic rings. The van der Waals surface area contributed by atoms with E-state index in [1.54, 1.807) is 0 Å². The predicted molar refractivity (Wildman–Crippen MR) is 89.4 cm³/mol. The lowest BCUT2D eigenvalue weighted by molar-refractivity contribution is -0.222. The Morgan fingerprint density at radius 1 is 1.54 bits per heavy atom. The second-order valence-electron chi connectivity index (χ2n) is 4.98. The van der Waals surface area contributed by atoms with Gasteiger partial charge >= 0.3 is 5.69 Å². The third kappa shape index (κ3) is 3.98. The first kappa shape index (κ1) is 19.8. The standard InChI is InChI=1S/C11H17N2O8PS2/c1-18-5-6-11(16,21-22(17,23)24)8(19-2)9(20-6)13-4-3-7(14)12-10(13)15/h3-4,6,8-9,16H,5H2,1-2H3,(H,12,14,15)(H2,17,23,24)/t6-,8+,9-,11-/m1/s1. The molecule has 2 heterocycles. The fraction of sp³-hybridized carbons (Fsp3) is 0.636. The normalized spacial score (nSPS) is 32.6. The van der Waals surface area contributed by atoms with Crippen LogP contribution in [0.2, 0.25) is 0 Å². The predicted octanol–water partition coefficient (Wildman–Crippen LogP) is -1.05. The van der Waals surface area contributed by atoms with Crippen LogP contribution in [0.4, 0.5) is 0 Å². The smallest absolute Gasteiger partial charge is 0.330 e. The maximum Gasteiger partial charge on any atom is 0.330 e. The second-order valence-corrected chi connectivity index (χ2v) is 10.1. The van der Waals surface area contributed by atoms with E-state index in [4.69, 9.17) is 30.5 Å². The number of hydrogen-bond acceptors (Lipinski definition) is 8. The summed E-state index contributed by atoms with van der Waals surface area (Å²) in [6, 6.07) is 1.11. The van der Waals surface area contributed by atoms with E-state index in [2.05, 4.69) is 17.2 Å². The van der Waals surface area contributed by atoms with E-state index in [0.717, 1.165) is 10.6 Å². The summed E-state index contributed by atoms with van der Waals surface area (Å²) in [5, 5.41) is 10.9. The van der Waals surface area contributed by atoms with Gasteiger partial charge < -0.3 is 24.2 Å². The SMILES string of the molecule is COC[C@H]1O[C@@H](n2ccc(=O)[nH]c2=O)[C@H](OC)[C@]1(O)OP(O)(=S)S. The zero-order valence-electron chi connectivity index (χ0n) is 12.7. The maximum atomic E-state index is 12.0. The van der Waals surface area contributed by atoms with Gasteiger partial charge in [0.15, 0.2) is 12.3 Å². The summed E-state index contributed by atoms with van der Waals surface area (Å²) in [6.07, 6.45) is -2.39. The Hall–Kier alpha value is -0.560.